The number of hydrogen-bond donors (Lipinski definition) is 2. The van der Waals surface area contributed by atoms with E-state index in [2.05, 4.69) is 32.0 Å². The second kappa shape index (κ2) is 4.40. The molecule has 0 bridgehead atoms. The monoisotopic (exact) mass is 178 g/mol. The normalized spacial score (nSPS) is 12.9. The minimum Gasteiger partial charge on any atom is -0.330 e. The number of hydrogen-bond acceptors (Lipinski definition) is 2. The smallest absolute Gasteiger partial charge is 0.0307 e. The zero-order chi connectivity index (χ0) is 9.84. The van der Waals surface area contributed by atoms with Crippen LogP contribution in [0.4, 0.5) is 0 Å². The maximum Gasteiger partial charge on any atom is 0.0307 e. The van der Waals surface area contributed by atoms with Crippen LogP contribution in [0.25, 0.3) is 0 Å². The lowest BCUT2D eigenvalue weighted by atomic mass is 10.00. The fourth-order valence-electron chi connectivity index (χ4n) is 1.57. The van der Waals surface area contributed by atoms with Gasteiger partial charge in [0, 0.05) is 6.04 Å². The minimum absolute atomic E-state index is 0.0867. The van der Waals surface area contributed by atoms with E-state index in [0.29, 0.717) is 6.54 Å². The Labute approximate surface area is 79.9 Å². The summed E-state index contributed by atoms with van der Waals surface area (Å²) in [5, 5.41) is 0. The van der Waals surface area contributed by atoms with Crippen molar-refractivity contribution in [2.24, 2.45) is 11.5 Å². The van der Waals surface area contributed by atoms with Gasteiger partial charge in [0.05, 0.1) is 0 Å². The molecule has 0 amide bonds. The summed E-state index contributed by atoms with van der Waals surface area (Å²) in [7, 11) is 0. The van der Waals surface area contributed by atoms with Crippen LogP contribution >= 0.6 is 0 Å². The van der Waals surface area contributed by atoms with Gasteiger partial charge >= 0.3 is 0 Å². The Hall–Kier alpha value is -0.860. The largest absolute Gasteiger partial charge is 0.330 e. The average Bonchev–Trinajstić information content (AvgIpc) is 2.03. The van der Waals surface area contributed by atoms with Crippen LogP contribution in [0.2, 0.25) is 0 Å². The van der Waals surface area contributed by atoms with Crippen LogP contribution < -0.4 is 11.5 Å². The summed E-state index contributed by atoms with van der Waals surface area (Å²) in [6, 6.07) is 6.50. The van der Waals surface area contributed by atoms with Crippen LogP contribution in [-0.2, 0) is 0 Å². The van der Waals surface area contributed by atoms with Crippen LogP contribution in [0.15, 0.2) is 18.2 Å². The summed E-state index contributed by atoms with van der Waals surface area (Å²) < 4.78 is 0. The molecule has 1 rings (SSSR count). The molecule has 0 aliphatic carbocycles. The highest BCUT2D eigenvalue weighted by molar-refractivity contribution is 5.30. The first kappa shape index (κ1) is 10.2. The summed E-state index contributed by atoms with van der Waals surface area (Å²) >= 11 is 0. The molecule has 0 aromatic heterocycles. The fraction of sp³-hybridized carbons (Fsp3) is 0.455. The Morgan fingerprint density at radius 1 is 1.15 bits per heavy atom. The molecule has 0 unspecified atom stereocenters. The molecule has 2 nitrogen and oxygen atoms in total. The van der Waals surface area contributed by atoms with Crippen molar-refractivity contribution in [2.75, 3.05) is 6.54 Å². The van der Waals surface area contributed by atoms with E-state index in [1.165, 1.54) is 16.7 Å². The maximum absolute atomic E-state index is 5.96. The van der Waals surface area contributed by atoms with Gasteiger partial charge in [0.2, 0.25) is 0 Å². The van der Waals surface area contributed by atoms with Crippen molar-refractivity contribution >= 4 is 0 Å². The second-order valence-electron chi connectivity index (χ2n) is 3.60. The van der Waals surface area contributed by atoms with Gasteiger partial charge in [-0.15, -0.1) is 0 Å². The van der Waals surface area contributed by atoms with Gasteiger partial charge < -0.3 is 11.5 Å². The Bertz CT molecular complexity index is 261. The molecule has 1 aromatic rings. The number of aryl methyl sites for hydroxylation is 2. The van der Waals surface area contributed by atoms with Gasteiger partial charge in [-0.25, -0.2) is 0 Å². The molecule has 2 heteroatoms. The average molecular weight is 178 g/mol. The first-order valence-corrected chi connectivity index (χ1v) is 4.67. The van der Waals surface area contributed by atoms with Gasteiger partial charge in [0.1, 0.15) is 0 Å². The standard InChI is InChI=1S/C11H18N2/c1-8-5-9(2)7-10(6-8)11(13)3-4-12/h5-7,11H,3-4,12-13H2,1-2H3/t11-/m0/s1. The zero-order valence-electron chi connectivity index (χ0n) is 8.38. The Morgan fingerprint density at radius 3 is 2.15 bits per heavy atom. The highest BCUT2D eigenvalue weighted by Gasteiger charge is 2.05. The lowest BCUT2D eigenvalue weighted by Gasteiger charge is -2.12. The quantitative estimate of drug-likeness (QED) is 0.739. The van der Waals surface area contributed by atoms with E-state index in [0.717, 1.165) is 6.42 Å². The van der Waals surface area contributed by atoms with Crippen LogP contribution in [0.1, 0.15) is 29.2 Å². The van der Waals surface area contributed by atoms with Crippen molar-refractivity contribution in [1.29, 1.82) is 0 Å². The molecule has 0 radical (unpaired) electrons. The topological polar surface area (TPSA) is 52.0 Å². The molecule has 4 N–H and O–H groups in total. The Kier molecular flexibility index (Phi) is 3.46. The highest BCUT2D eigenvalue weighted by atomic mass is 14.7. The summed E-state index contributed by atoms with van der Waals surface area (Å²) in [4.78, 5) is 0. The number of benzene rings is 1. The van der Waals surface area contributed by atoms with Crippen molar-refractivity contribution in [3.63, 3.8) is 0 Å². The third-order valence-electron chi connectivity index (χ3n) is 2.15. The molecule has 13 heavy (non-hydrogen) atoms. The van der Waals surface area contributed by atoms with Crippen molar-refractivity contribution in [3.8, 4) is 0 Å². The van der Waals surface area contributed by atoms with Crippen LogP contribution in [0, 0.1) is 13.8 Å². The molecule has 0 saturated heterocycles. The second-order valence-corrected chi connectivity index (χ2v) is 3.60. The van der Waals surface area contributed by atoms with E-state index in [1.807, 2.05) is 0 Å². The van der Waals surface area contributed by atoms with E-state index in [9.17, 15) is 0 Å². The number of nitrogens with two attached hydrogens (primary N) is 2. The molecule has 0 spiro atoms. The molecule has 1 aromatic carbocycles. The molecular formula is C11H18N2. The third-order valence-corrected chi connectivity index (χ3v) is 2.15. The summed E-state index contributed by atoms with van der Waals surface area (Å²) in [6.07, 6.45) is 0.850. The molecule has 0 heterocycles. The first-order chi connectivity index (χ1) is 6.13. The van der Waals surface area contributed by atoms with Crippen LogP contribution in [0.5, 0.6) is 0 Å². The summed E-state index contributed by atoms with van der Waals surface area (Å²) in [6.45, 7) is 4.82. The number of rotatable bonds is 3. The van der Waals surface area contributed by atoms with Crippen molar-refractivity contribution < 1.29 is 0 Å². The Morgan fingerprint density at radius 2 is 1.69 bits per heavy atom. The predicted molar refractivity (Wildman–Crippen MR) is 56.5 cm³/mol. The molecular weight excluding hydrogens is 160 g/mol. The molecule has 0 aliphatic rings. The highest BCUT2D eigenvalue weighted by Crippen LogP contribution is 2.16. The van der Waals surface area contributed by atoms with E-state index >= 15 is 0 Å². The van der Waals surface area contributed by atoms with Gasteiger partial charge in [-0.2, -0.15) is 0 Å². The van der Waals surface area contributed by atoms with E-state index in [4.69, 9.17) is 11.5 Å². The van der Waals surface area contributed by atoms with E-state index < -0.39 is 0 Å². The van der Waals surface area contributed by atoms with Gasteiger partial charge in [-0.1, -0.05) is 29.3 Å². The van der Waals surface area contributed by atoms with Crippen molar-refractivity contribution in [3.05, 3.63) is 34.9 Å². The maximum atomic E-state index is 5.96. The molecule has 1 atom stereocenters. The lowest BCUT2D eigenvalue weighted by molar-refractivity contribution is 0.660. The first-order valence-electron chi connectivity index (χ1n) is 4.67. The summed E-state index contributed by atoms with van der Waals surface area (Å²) in [5.41, 5.74) is 15.2. The van der Waals surface area contributed by atoms with Gasteiger partial charge in [0.15, 0.2) is 0 Å². The fourth-order valence-corrected chi connectivity index (χ4v) is 1.57. The molecule has 72 valence electrons. The summed E-state index contributed by atoms with van der Waals surface area (Å²) in [5.74, 6) is 0. The molecule has 0 fully saturated rings. The van der Waals surface area contributed by atoms with Gasteiger partial charge in [-0.05, 0) is 32.4 Å². The van der Waals surface area contributed by atoms with Gasteiger partial charge in [0.25, 0.3) is 0 Å². The molecule has 0 aliphatic heterocycles. The third kappa shape index (κ3) is 2.83. The van der Waals surface area contributed by atoms with Crippen LogP contribution in [-0.4, -0.2) is 6.54 Å². The van der Waals surface area contributed by atoms with Crippen molar-refractivity contribution in [2.45, 2.75) is 26.3 Å². The lowest BCUT2D eigenvalue weighted by Crippen LogP contribution is -2.15. The Balaban J connectivity index is 2.87. The van der Waals surface area contributed by atoms with E-state index in [-0.39, 0.29) is 6.04 Å². The van der Waals surface area contributed by atoms with Crippen molar-refractivity contribution in [1.82, 2.24) is 0 Å². The van der Waals surface area contributed by atoms with Crippen LogP contribution in [0.3, 0.4) is 0 Å². The van der Waals surface area contributed by atoms with Gasteiger partial charge in [-0.3, -0.25) is 0 Å². The molecule has 0 saturated carbocycles. The zero-order valence-corrected chi connectivity index (χ0v) is 8.38. The predicted octanol–water partition coefficient (Wildman–Crippen LogP) is 1.65. The SMILES string of the molecule is Cc1cc(C)cc([C@@H](N)CCN)c1. The minimum atomic E-state index is 0.0867. The van der Waals surface area contributed by atoms with E-state index in [1.54, 1.807) is 0 Å².